The number of nitrogens with two attached hydrogens (primary N) is 1. The number of halogens is 3. The third-order valence-electron chi connectivity index (χ3n) is 2.30. The Morgan fingerprint density at radius 2 is 2.06 bits per heavy atom. The van der Waals surface area contributed by atoms with Crippen LogP contribution in [-0.2, 0) is 17.0 Å². The van der Waals surface area contributed by atoms with Crippen LogP contribution in [0.4, 0.5) is 24.5 Å². The maximum atomic E-state index is 12.4. The molecule has 7 heteroatoms. The Morgan fingerprint density at radius 3 is 2.56 bits per heavy atom. The lowest BCUT2D eigenvalue weighted by Gasteiger charge is -2.12. The van der Waals surface area contributed by atoms with E-state index in [1.54, 1.807) is 6.26 Å². The zero-order chi connectivity index (χ0) is 13.8. The molecule has 0 fully saturated rings. The maximum absolute atomic E-state index is 12.4. The second kappa shape index (κ2) is 6.08. The zero-order valence-corrected chi connectivity index (χ0v) is 10.7. The Bertz CT molecular complexity index is 435. The van der Waals surface area contributed by atoms with Crippen molar-refractivity contribution in [3.05, 3.63) is 23.8 Å². The van der Waals surface area contributed by atoms with Crippen LogP contribution in [0.3, 0.4) is 0 Å². The first-order valence-electron chi connectivity index (χ1n) is 5.31. The Kier molecular flexibility index (Phi) is 5.01. The Balaban J connectivity index is 2.60. The molecule has 102 valence electrons. The smallest absolute Gasteiger partial charge is 0.397 e. The fourth-order valence-electron chi connectivity index (χ4n) is 1.40. The Labute approximate surface area is 106 Å². The lowest BCUT2D eigenvalue weighted by Crippen LogP contribution is -2.10. The summed E-state index contributed by atoms with van der Waals surface area (Å²) in [6, 6.07) is 3.19. The fraction of sp³-hybridized carbons (Fsp3) is 0.455. The molecular weight excluding hydrogens is 265 g/mol. The van der Waals surface area contributed by atoms with E-state index in [1.807, 2.05) is 0 Å². The summed E-state index contributed by atoms with van der Waals surface area (Å²) >= 11 is 0. The van der Waals surface area contributed by atoms with Gasteiger partial charge in [-0.2, -0.15) is 13.2 Å². The zero-order valence-electron chi connectivity index (χ0n) is 9.88. The molecule has 18 heavy (non-hydrogen) atoms. The molecule has 0 saturated heterocycles. The lowest BCUT2D eigenvalue weighted by molar-refractivity contribution is -0.137. The van der Waals surface area contributed by atoms with Crippen molar-refractivity contribution in [2.75, 3.05) is 29.6 Å². The summed E-state index contributed by atoms with van der Waals surface area (Å²) in [6.45, 7) is 0.523. The predicted octanol–water partition coefficient (Wildman–Crippen LogP) is 2.47. The Morgan fingerprint density at radius 1 is 1.39 bits per heavy atom. The van der Waals surface area contributed by atoms with Crippen LogP contribution in [0.1, 0.15) is 12.0 Å². The number of alkyl halides is 3. The van der Waals surface area contributed by atoms with E-state index in [-0.39, 0.29) is 5.69 Å². The van der Waals surface area contributed by atoms with Gasteiger partial charge in [-0.05, 0) is 24.6 Å². The number of nitrogens with one attached hydrogen (secondary N) is 1. The molecule has 0 aliphatic heterocycles. The molecule has 0 aliphatic carbocycles. The van der Waals surface area contributed by atoms with Crippen molar-refractivity contribution in [2.45, 2.75) is 12.6 Å². The van der Waals surface area contributed by atoms with Gasteiger partial charge in [0, 0.05) is 29.4 Å². The highest BCUT2D eigenvalue weighted by Gasteiger charge is 2.30. The number of hydrogen-bond acceptors (Lipinski definition) is 3. The standard InChI is InChI=1S/C11H15F3N2OS/c1-18(17)6-2-5-16-10-4-3-8(7-9(10)15)11(12,13)14/h3-4,7,16H,2,5-6,15H2,1H3. The van der Waals surface area contributed by atoms with Gasteiger partial charge in [-0.1, -0.05) is 0 Å². The molecule has 3 nitrogen and oxygen atoms in total. The molecule has 0 aliphatic rings. The first kappa shape index (κ1) is 14.8. The highest BCUT2D eigenvalue weighted by molar-refractivity contribution is 7.84. The molecule has 1 atom stereocenters. The maximum Gasteiger partial charge on any atom is 0.416 e. The van der Waals surface area contributed by atoms with Gasteiger partial charge >= 0.3 is 6.18 Å². The minimum atomic E-state index is -4.38. The SMILES string of the molecule is CS(=O)CCCNc1ccc(C(F)(F)F)cc1N. The quantitative estimate of drug-likeness (QED) is 0.643. The van der Waals surface area contributed by atoms with Gasteiger partial charge in [-0.25, -0.2) is 0 Å². The van der Waals surface area contributed by atoms with Crippen molar-refractivity contribution in [1.82, 2.24) is 0 Å². The van der Waals surface area contributed by atoms with Gasteiger partial charge in [0.15, 0.2) is 0 Å². The first-order chi connectivity index (χ1) is 8.30. The molecule has 3 N–H and O–H groups in total. The van der Waals surface area contributed by atoms with E-state index in [9.17, 15) is 17.4 Å². The average molecular weight is 280 g/mol. The van der Waals surface area contributed by atoms with Crippen molar-refractivity contribution in [3.8, 4) is 0 Å². The van der Waals surface area contributed by atoms with Crippen LogP contribution in [0.5, 0.6) is 0 Å². The first-order valence-corrected chi connectivity index (χ1v) is 7.04. The van der Waals surface area contributed by atoms with Crippen molar-refractivity contribution in [3.63, 3.8) is 0 Å². The summed E-state index contributed by atoms with van der Waals surface area (Å²) in [7, 11) is -0.864. The van der Waals surface area contributed by atoms with Crippen molar-refractivity contribution in [1.29, 1.82) is 0 Å². The van der Waals surface area contributed by atoms with Crippen LogP contribution < -0.4 is 11.1 Å². The van der Waals surface area contributed by atoms with E-state index < -0.39 is 22.5 Å². The number of nitrogen functional groups attached to an aromatic ring is 1. The van der Waals surface area contributed by atoms with Crippen LogP contribution in [-0.4, -0.2) is 22.8 Å². The minimum absolute atomic E-state index is 0.0578. The van der Waals surface area contributed by atoms with Crippen LogP contribution >= 0.6 is 0 Å². The summed E-state index contributed by atoms with van der Waals surface area (Å²) in [4.78, 5) is 0. The molecule has 0 spiro atoms. The summed E-state index contributed by atoms with van der Waals surface area (Å²) < 4.78 is 48.0. The van der Waals surface area contributed by atoms with Crippen LogP contribution in [0, 0.1) is 0 Å². The van der Waals surface area contributed by atoms with Crippen molar-refractivity contribution >= 4 is 22.2 Å². The number of rotatable bonds is 5. The Hall–Kier alpha value is -1.24. The van der Waals surface area contributed by atoms with Gasteiger partial charge in [-0.3, -0.25) is 4.21 Å². The summed E-state index contributed by atoms with van der Waals surface area (Å²) in [5, 5.41) is 2.92. The predicted molar refractivity (Wildman–Crippen MR) is 67.9 cm³/mol. The highest BCUT2D eigenvalue weighted by Crippen LogP contribution is 2.32. The molecule has 0 aromatic heterocycles. The number of anilines is 2. The molecule has 0 bridgehead atoms. The van der Waals surface area contributed by atoms with Crippen molar-refractivity contribution in [2.24, 2.45) is 0 Å². The molecule has 0 saturated carbocycles. The van der Waals surface area contributed by atoms with E-state index in [0.717, 1.165) is 12.1 Å². The molecule has 0 heterocycles. The fourth-order valence-corrected chi connectivity index (χ4v) is 1.95. The lowest BCUT2D eigenvalue weighted by atomic mass is 10.1. The summed E-state index contributed by atoms with van der Waals surface area (Å²) in [6.07, 6.45) is -2.11. The van der Waals surface area contributed by atoms with Gasteiger partial charge in [0.2, 0.25) is 0 Å². The van der Waals surface area contributed by atoms with Gasteiger partial charge in [-0.15, -0.1) is 0 Å². The van der Waals surface area contributed by atoms with Crippen molar-refractivity contribution < 1.29 is 17.4 Å². The topological polar surface area (TPSA) is 55.1 Å². The van der Waals surface area contributed by atoms with Gasteiger partial charge in [0.05, 0.1) is 16.9 Å². The van der Waals surface area contributed by atoms with E-state index in [1.165, 1.54) is 6.07 Å². The average Bonchev–Trinajstić information content (AvgIpc) is 2.24. The highest BCUT2D eigenvalue weighted by atomic mass is 32.2. The summed E-state index contributed by atoms with van der Waals surface area (Å²) in [5.74, 6) is 0.549. The molecular formula is C11H15F3N2OS. The summed E-state index contributed by atoms with van der Waals surface area (Å²) in [5.41, 5.74) is 5.29. The van der Waals surface area contributed by atoms with Gasteiger partial charge in [0.25, 0.3) is 0 Å². The molecule has 0 radical (unpaired) electrons. The third kappa shape index (κ3) is 4.56. The number of hydrogen-bond donors (Lipinski definition) is 2. The van der Waals surface area contributed by atoms with E-state index in [2.05, 4.69) is 5.32 Å². The normalized spacial score (nSPS) is 13.3. The monoisotopic (exact) mass is 280 g/mol. The number of benzene rings is 1. The second-order valence-electron chi connectivity index (χ2n) is 3.86. The second-order valence-corrected chi connectivity index (χ2v) is 5.41. The minimum Gasteiger partial charge on any atom is -0.397 e. The molecule has 0 amide bonds. The van der Waals surface area contributed by atoms with Crippen LogP contribution in [0.25, 0.3) is 0 Å². The van der Waals surface area contributed by atoms with E-state index in [0.29, 0.717) is 24.4 Å². The third-order valence-corrected chi connectivity index (χ3v) is 3.17. The molecule has 1 aromatic carbocycles. The van der Waals surface area contributed by atoms with E-state index >= 15 is 0 Å². The molecule has 1 unspecified atom stereocenters. The molecule has 1 aromatic rings. The largest absolute Gasteiger partial charge is 0.416 e. The van der Waals surface area contributed by atoms with Crippen LogP contribution in [0.2, 0.25) is 0 Å². The molecule has 1 rings (SSSR count). The van der Waals surface area contributed by atoms with Gasteiger partial charge < -0.3 is 11.1 Å². The van der Waals surface area contributed by atoms with Gasteiger partial charge in [0.1, 0.15) is 0 Å². The van der Waals surface area contributed by atoms with E-state index in [4.69, 9.17) is 5.73 Å². The van der Waals surface area contributed by atoms with Crippen LogP contribution in [0.15, 0.2) is 18.2 Å².